The molecule has 1 aromatic heterocycles. The lowest BCUT2D eigenvalue weighted by Gasteiger charge is -2.14. The molecule has 2 nitrogen and oxygen atoms in total. The second-order valence-corrected chi connectivity index (χ2v) is 6.71. The van der Waals surface area contributed by atoms with E-state index in [2.05, 4.69) is 24.3 Å². The first-order valence-electron chi connectivity index (χ1n) is 7.05. The van der Waals surface area contributed by atoms with Crippen molar-refractivity contribution in [3.05, 3.63) is 51.0 Å². The van der Waals surface area contributed by atoms with Crippen molar-refractivity contribution >= 4 is 11.3 Å². The van der Waals surface area contributed by atoms with Gasteiger partial charge in [-0.05, 0) is 43.2 Å². The minimum absolute atomic E-state index is 0.265. The average molecular weight is 271 g/mol. The Hall–Kier alpha value is -1.19. The van der Waals surface area contributed by atoms with Gasteiger partial charge < -0.3 is 5.11 Å². The summed E-state index contributed by atoms with van der Waals surface area (Å²) in [6.45, 7) is 0. The van der Waals surface area contributed by atoms with Crippen LogP contribution in [0.3, 0.4) is 0 Å². The summed E-state index contributed by atoms with van der Waals surface area (Å²) in [6.07, 6.45) is 4.97. The smallest absolute Gasteiger partial charge is 0.0969 e. The van der Waals surface area contributed by atoms with Gasteiger partial charge in [-0.2, -0.15) is 0 Å². The summed E-state index contributed by atoms with van der Waals surface area (Å²) in [4.78, 5) is 5.96. The van der Waals surface area contributed by atoms with Crippen molar-refractivity contribution in [2.75, 3.05) is 0 Å². The molecule has 2 aliphatic carbocycles. The van der Waals surface area contributed by atoms with E-state index >= 15 is 0 Å². The van der Waals surface area contributed by atoms with Crippen LogP contribution in [0.5, 0.6) is 0 Å². The average Bonchev–Trinajstić information content (AvgIpc) is 3.02. The number of aryl methyl sites for hydroxylation is 1. The van der Waals surface area contributed by atoms with E-state index in [1.807, 2.05) is 0 Å². The monoisotopic (exact) mass is 271 g/mol. The Bertz CT molecular complexity index is 594. The molecule has 4 rings (SSSR count). The molecule has 2 aliphatic rings. The van der Waals surface area contributed by atoms with Crippen molar-refractivity contribution in [2.24, 2.45) is 0 Å². The number of hydrogen-bond donors (Lipinski definition) is 1. The molecule has 0 saturated carbocycles. The van der Waals surface area contributed by atoms with Crippen molar-refractivity contribution in [2.45, 2.75) is 44.1 Å². The highest BCUT2D eigenvalue weighted by atomic mass is 32.1. The van der Waals surface area contributed by atoms with Gasteiger partial charge in [0.05, 0.1) is 21.7 Å². The molecule has 19 heavy (non-hydrogen) atoms. The van der Waals surface area contributed by atoms with Crippen molar-refractivity contribution < 1.29 is 5.11 Å². The highest BCUT2D eigenvalue weighted by Gasteiger charge is 2.29. The third kappa shape index (κ3) is 1.92. The molecule has 0 radical (unpaired) electrons. The minimum atomic E-state index is -0.265. The maximum absolute atomic E-state index is 10.1. The predicted molar refractivity (Wildman–Crippen MR) is 76.6 cm³/mol. The highest BCUT2D eigenvalue weighted by molar-refractivity contribution is 7.11. The lowest BCUT2D eigenvalue weighted by molar-refractivity contribution is 0.160. The molecule has 1 N–H and O–H groups in total. The van der Waals surface area contributed by atoms with Crippen molar-refractivity contribution in [1.29, 1.82) is 0 Å². The highest BCUT2D eigenvalue weighted by Crippen LogP contribution is 2.40. The fourth-order valence-corrected chi connectivity index (χ4v) is 4.56. The summed E-state index contributed by atoms with van der Waals surface area (Å²) >= 11 is 1.75. The third-order valence-corrected chi connectivity index (χ3v) is 5.70. The van der Waals surface area contributed by atoms with Gasteiger partial charge in [-0.15, -0.1) is 11.3 Å². The number of thiazole rings is 1. The summed E-state index contributed by atoms with van der Waals surface area (Å²) in [5.74, 6) is 0.528. The molecule has 1 heterocycles. The zero-order chi connectivity index (χ0) is 12.8. The number of nitrogens with zero attached hydrogens (tertiary/aromatic N) is 1. The first kappa shape index (κ1) is 11.6. The largest absolute Gasteiger partial charge is 0.388 e. The second-order valence-electron chi connectivity index (χ2n) is 5.64. The van der Waals surface area contributed by atoms with Crippen LogP contribution in [-0.4, -0.2) is 10.1 Å². The number of hydrogen-bond acceptors (Lipinski definition) is 3. The summed E-state index contributed by atoms with van der Waals surface area (Å²) in [6, 6.07) is 8.71. The number of aromatic nitrogens is 1. The molecule has 0 fully saturated rings. The van der Waals surface area contributed by atoms with Gasteiger partial charge in [-0.1, -0.05) is 24.3 Å². The summed E-state index contributed by atoms with van der Waals surface area (Å²) in [5, 5.41) is 11.3. The quantitative estimate of drug-likeness (QED) is 0.862. The van der Waals surface area contributed by atoms with Crippen molar-refractivity contribution in [3.63, 3.8) is 0 Å². The van der Waals surface area contributed by atoms with Crippen LogP contribution in [-0.2, 0) is 19.3 Å². The Morgan fingerprint density at radius 2 is 1.89 bits per heavy atom. The van der Waals surface area contributed by atoms with Crippen molar-refractivity contribution in [3.8, 4) is 0 Å². The van der Waals surface area contributed by atoms with Crippen LogP contribution in [0.1, 0.15) is 51.6 Å². The van der Waals surface area contributed by atoms with E-state index in [-0.39, 0.29) is 6.10 Å². The Morgan fingerprint density at radius 1 is 1.16 bits per heavy atom. The number of fused-ring (bicyclic) bond motifs is 2. The number of aliphatic hydroxyl groups is 1. The fraction of sp³-hybridized carbons (Fsp3) is 0.438. The number of rotatable bonds is 1. The van der Waals surface area contributed by atoms with Crippen LogP contribution in [0.4, 0.5) is 0 Å². The molecule has 0 saturated heterocycles. The second kappa shape index (κ2) is 4.43. The first-order valence-corrected chi connectivity index (χ1v) is 7.87. The molecule has 1 aromatic carbocycles. The van der Waals surface area contributed by atoms with Crippen LogP contribution in [0.2, 0.25) is 0 Å². The van der Waals surface area contributed by atoms with Gasteiger partial charge in [0.15, 0.2) is 0 Å². The van der Waals surface area contributed by atoms with E-state index < -0.39 is 0 Å². The number of aliphatic hydroxyl groups excluding tert-OH is 1. The third-order valence-electron chi connectivity index (χ3n) is 4.34. The van der Waals surface area contributed by atoms with Gasteiger partial charge in [0.2, 0.25) is 0 Å². The molecule has 1 atom stereocenters. The lowest BCUT2D eigenvalue weighted by Crippen LogP contribution is -2.06. The summed E-state index contributed by atoms with van der Waals surface area (Å²) in [5.41, 5.74) is 4.11. The van der Waals surface area contributed by atoms with E-state index in [0.29, 0.717) is 5.92 Å². The maximum atomic E-state index is 10.1. The molecule has 0 spiro atoms. The van der Waals surface area contributed by atoms with Crippen molar-refractivity contribution in [1.82, 2.24) is 4.98 Å². The van der Waals surface area contributed by atoms with Crippen LogP contribution in [0.25, 0.3) is 0 Å². The standard InChI is InChI=1S/C16H17NOS/c18-14-7-3-6-13-15(14)19-16(17-13)12-8-10-4-1-2-5-11(10)9-12/h1-2,4-5,12,14,18H,3,6-9H2. The van der Waals surface area contributed by atoms with E-state index in [0.717, 1.165) is 42.7 Å². The van der Waals surface area contributed by atoms with E-state index in [4.69, 9.17) is 4.98 Å². The van der Waals surface area contributed by atoms with Gasteiger partial charge in [-0.3, -0.25) is 0 Å². The zero-order valence-electron chi connectivity index (χ0n) is 10.8. The van der Waals surface area contributed by atoms with Crippen LogP contribution in [0.15, 0.2) is 24.3 Å². The molecule has 98 valence electrons. The van der Waals surface area contributed by atoms with Gasteiger partial charge in [0.1, 0.15) is 0 Å². The SMILES string of the molecule is OC1CCCc2nc(C3Cc4ccccc4C3)sc21. The minimum Gasteiger partial charge on any atom is -0.388 e. The Morgan fingerprint density at radius 3 is 2.58 bits per heavy atom. The van der Waals surface area contributed by atoms with Gasteiger partial charge in [-0.25, -0.2) is 4.98 Å². The van der Waals surface area contributed by atoms with Crippen LogP contribution >= 0.6 is 11.3 Å². The van der Waals surface area contributed by atoms with Gasteiger partial charge in [0, 0.05) is 5.92 Å². The van der Waals surface area contributed by atoms with Gasteiger partial charge >= 0.3 is 0 Å². The molecule has 2 aromatic rings. The Kier molecular flexibility index (Phi) is 2.71. The number of benzene rings is 1. The Balaban J connectivity index is 1.65. The predicted octanol–water partition coefficient (Wildman–Crippen LogP) is 3.40. The van der Waals surface area contributed by atoms with Crippen LogP contribution in [0, 0.1) is 0 Å². The first-order chi connectivity index (χ1) is 9.31. The fourth-order valence-electron chi connectivity index (χ4n) is 3.32. The van der Waals surface area contributed by atoms with E-state index in [1.54, 1.807) is 11.3 Å². The Labute approximate surface area is 117 Å². The molecule has 3 heteroatoms. The normalized spacial score (nSPS) is 22.3. The molecular formula is C16H17NOS. The molecule has 1 unspecified atom stereocenters. The molecule has 0 bridgehead atoms. The summed E-state index contributed by atoms with van der Waals surface area (Å²) in [7, 11) is 0. The zero-order valence-corrected chi connectivity index (χ0v) is 11.6. The van der Waals surface area contributed by atoms with E-state index in [9.17, 15) is 5.11 Å². The van der Waals surface area contributed by atoms with Gasteiger partial charge in [0.25, 0.3) is 0 Å². The lowest BCUT2D eigenvalue weighted by atomic mass is 10.0. The topological polar surface area (TPSA) is 33.1 Å². The van der Waals surface area contributed by atoms with E-state index in [1.165, 1.54) is 16.1 Å². The molecule has 0 aliphatic heterocycles. The van der Waals surface area contributed by atoms with Crippen LogP contribution < -0.4 is 0 Å². The molecular weight excluding hydrogens is 254 g/mol. The maximum Gasteiger partial charge on any atom is 0.0969 e. The summed E-state index contributed by atoms with van der Waals surface area (Å²) < 4.78 is 0. The molecule has 0 amide bonds.